The minimum Gasteiger partial charge on any atom is -0.464 e. The summed E-state index contributed by atoms with van der Waals surface area (Å²) in [5.41, 5.74) is -4.03. The van der Waals surface area contributed by atoms with Crippen molar-refractivity contribution in [2.75, 3.05) is 12.9 Å². The summed E-state index contributed by atoms with van der Waals surface area (Å²) in [7, 11) is -0.991. The van der Waals surface area contributed by atoms with Crippen LogP contribution in [0.4, 0.5) is 26.3 Å². The standard InChI is InChI=1S/C17H13F6NO3S/c1-3-28(26)12-8-11(17(21,22)23)13(24-14(12)15(25)27-2)9-4-6-10(7-5-9)16(18,19)20/h4-8H,3H2,1-2H3. The number of methoxy groups -OCH3 is 1. The Hall–Kier alpha value is -2.43. The van der Waals surface area contributed by atoms with Crippen LogP contribution in [0.15, 0.2) is 35.2 Å². The average molecular weight is 425 g/mol. The van der Waals surface area contributed by atoms with Crippen molar-refractivity contribution < 1.29 is 40.1 Å². The molecule has 1 heterocycles. The number of pyridine rings is 1. The predicted molar refractivity (Wildman–Crippen MR) is 88.0 cm³/mol. The topological polar surface area (TPSA) is 56.3 Å². The third kappa shape index (κ3) is 4.51. The smallest absolute Gasteiger partial charge is 0.418 e. The monoisotopic (exact) mass is 425 g/mol. The summed E-state index contributed by atoms with van der Waals surface area (Å²) < 4.78 is 95.3. The van der Waals surface area contributed by atoms with Gasteiger partial charge in [-0.15, -0.1) is 0 Å². The van der Waals surface area contributed by atoms with Crippen LogP contribution in [0.5, 0.6) is 0 Å². The van der Waals surface area contributed by atoms with Crippen molar-refractivity contribution in [2.24, 2.45) is 0 Å². The molecule has 0 aliphatic rings. The molecule has 0 amide bonds. The molecule has 0 saturated heterocycles. The van der Waals surface area contributed by atoms with Crippen molar-refractivity contribution in [3.05, 3.63) is 47.2 Å². The van der Waals surface area contributed by atoms with Crippen molar-refractivity contribution in [3.8, 4) is 11.3 Å². The van der Waals surface area contributed by atoms with Gasteiger partial charge in [-0.05, 0) is 18.2 Å². The van der Waals surface area contributed by atoms with Crippen LogP contribution in [-0.4, -0.2) is 28.0 Å². The summed E-state index contributed by atoms with van der Waals surface area (Å²) in [6.45, 7) is 1.44. The van der Waals surface area contributed by atoms with Crippen molar-refractivity contribution in [1.82, 2.24) is 4.98 Å². The van der Waals surface area contributed by atoms with E-state index in [1.807, 2.05) is 0 Å². The fraction of sp³-hybridized carbons (Fsp3) is 0.294. The number of halogens is 6. The molecule has 0 N–H and O–H groups in total. The summed E-state index contributed by atoms with van der Waals surface area (Å²) in [4.78, 5) is 15.1. The van der Waals surface area contributed by atoms with Gasteiger partial charge in [-0.2, -0.15) is 26.3 Å². The molecule has 1 unspecified atom stereocenters. The van der Waals surface area contributed by atoms with Crippen LogP contribution in [0.1, 0.15) is 28.5 Å². The molecule has 28 heavy (non-hydrogen) atoms. The highest BCUT2D eigenvalue weighted by Crippen LogP contribution is 2.39. The Kier molecular flexibility index (Phi) is 6.17. The lowest BCUT2D eigenvalue weighted by Gasteiger charge is -2.16. The largest absolute Gasteiger partial charge is 0.464 e. The summed E-state index contributed by atoms with van der Waals surface area (Å²) in [5.74, 6) is -1.19. The fourth-order valence-electron chi connectivity index (χ4n) is 2.32. The predicted octanol–water partition coefficient (Wildman–Crippen LogP) is 4.70. The van der Waals surface area contributed by atoms with Crippen LogP contribution < -0.4 is 0 Å². The Morgan fingerprint density at radius 1 is 1.07 bits per heavy atom. The van der Waals surface area contributed by atoms with E-state index in [-0.39, 0.29) is 11.3 Å². The zero-order chi connectivity index (χ0) is 21.3. The molecule has 1 aromatic heterocycles. The maximum absolute atomic E-state index is 13.5. The van der Waals surface area contributed by atoms with Crippen LogP contribution in [0.3, 0.4) is 0 Å². The zero-order valence-corrected chi connectivity index (χ0v) is 15.3. The molecule has 2 rings (SSSR count). The van der Waals surface area contributed by atoms with Gasteiger partial charge in [0.25, 0.3) is 0 Å². The number of nitrogens with zero attached hydrogens (tertiary/aromatic N) is 1. The van der Waals surface area contributed by atoms with E-state index in [4.69, 9.17) is 0 Å². The first-order valence-corrected chi connectivity index (χ1v) is 8.98. The highest BCUT2D eigenvalue weighted by Gasteiger charge is 2.37. The van der Waals surface area contributed by atoms with Crippen molar-refractivity contribution >= 4 is 16.8 Å². The molecular formula is C17H13F6NO3S. The van der Waals surface area contributed by atoms with E-state index in [1.165, 1.54) is 6.92 Å². The van der Waals surface area contributed by atoms with Gasteiger partial charge in [0.05, 0.1) is 39.6 Å². The van der Waals surface area contributed by atoms with Crippen molar-refractivity contribution in [2.45, 2.75) is 24.2 Å². The normalized spacial score (nSPS) is 13.3. The second-order valence-corrected chi connectivity index (χ2v) is 7.14. The Bertz CT molecular complexity index is 907. The van der Waals surface area contributed by atoms with E-state index in [0.29, 0.717) is 18.2 Å². The lowest BCUT2D eigenvalue weighted by molar-refractivity contribution is -0.138. The number of ether oxygens (including phenoxy) is 1. The molecule has 152 valence electrons. The third-order valence-corrected chi connectivity index (χ3v) is 4.99. The van der Waals surface area contributed by atoms with Crippen LogP contribution in [0.2, 0.25) is 0 Å². The molecule has 0 aliphatic heterocycles. The molecule has 0 saturated carbocycles. The van der Waals surface area contributed by atoms with Crippen LogP contribution in [0.25, 0.3) is 11.3 Å². The number of alkyl halides is 6. The lowest BCUT2D eigenvalue weighted by Crippen LogP contribution is -2.17. The van der Waals surface area contributed by atoms with Gasteiger partial charge in [-0.1, -0.05) is 19.1 Å². The molecule has 0 aliphatic carbocycles. The fourth-order valence-corrected chi connectivity index (χ4v) is 3.23. The number of rotatable bonds is 4. The first-order valence-electron chi connectivity index (χ1n) is 7.66. The number of hydrogen-bond acceptors (Lipinski definition) is 4. The van der Waals surface area contributed by atoms with Gasteiger partial charge in [0.2, 0.25) is 0 Å². The molecule has 0 fully saturated rings. The van der Waals surface area contributed by atoms with Gasteiger partial charge in [-0.3, -0.25) is 4.21 Å². The molecule has 0 spiro atoms. The Labute approximate surface area is 158 Å². The first-order chi connectivity index (χ1) is 12.9. The Morgan fingerprint density at radius 3 is 2.07 bits per heavy atom. The number of esters is 1. The lowest BCUT2D eigenvalue weighted by atomic mass is 10.0. The zero-order valence-electron chi connectivity index (χ0n) is 14.4. The van der Waals surface area contributed by atoms with E-state index in [2.05, 4.69) is 9.72 Å². The maximum Gasteiger partial charge on any atom is 0.418 e. The molecule has 2 aromatic rings. The minimum absolute atomic E-state index is 0.0808. The maximum atomic E-state index is 13.5. The van der Waals surface area contributed by atoms with Gasteiger partial charge in [0.15, 0.2) is 5.69 Å². The molecule has 11 heteroatoms. The second-order valence-electron chi connectivity index (χ2n) is 5.43. The number of carbonyl (C=O) groups excluding carboxylic acids is 1. The summed E-state index contributed by atoms with van der Waals surface area (Å²) in [6, 6.07) is 3.36. The van der Waals surface area contributed by atoms with E-state index in [0.717, 1.165) is 19.2 Å². The molecule has 0 radical (unpaired) electrons. The molecular weight excluding hydrogens is 412 g/mol. The van der Waals surface area contributed by atoms with Gasteiger partial charge in [0, 0.05) is 11.3 Å². The van der Waals surface area contributed by atoms with E-state index in [9.17, 15) is 35.3 Å². The average Bonchev–Trinajstić information content (AvgIpc) is 2.64. The van der Waals surface area contributed by atoms with Gasteiger partial charge in [-0.25, -0.2) is 9.78 Å². The number of hydrogen-bond donors (Lipinski definition) is 0. The number of benzene rings is 1. The van der Waals surface area contributed by atoms with E-state index in [1.54, 1.807) is 0 Å². The number of carbonyl (C=O) groups is 1. The van der Waals surface area contributed by atoms with Gasteiger partial charge < -0.3 is 4.74 Å². The van der Waals surface area contributed by atoms with Gasteiger partial charge in [0.1, 0.15) is 0 Å². The minimum atomic E-state index is -4.95. The summed E-state index contributed by atoms with van der Waals surface area (Å²) >= 11 is 0. The summed E-state index contributed by atoms with van der Waals surface area (Å²) in [6.07, 6.45) is -9.62. The molecule has 1 atom stereocenters. The SMILES string of the molecule is CCS(=O)c1cc(C(F)(F)F)c(-c2ccc(C(F)(F)F)cc2)nc1C(=O)OC. The number of aromatic nitrogens is 1. The van der Waals surface area contributed by atoms with Crippen LogP contribution in [0, 0.1) is 0 Å². The highest BCUT2D eigenvalue weighted by molar-refractivity contribution is 7.85. The van der Waals surface area contributed by atoms with Crippen molar-refractivity contribution in [1.29, 1.82) is 0 Å². The van der Waals surface area contributed by atoms with E-state index < -0.39 is 56.5 Å². The molecule has 1 aromatic carbocycles. The Morgan fingerprint density at radius 2 is 1.64 bits per heavy atom. The molecule has 4 nitrogen and oxygen atoms in total. The first kappa shape index (κ1) is 21.9. The van der Waals surface area contributed by atoms with Gasteiger partial charge >= 0.3 is 18.3 Å². The van der Waals surface area contributed by atoms with Crippen LogP contribution >= 0.6 is 0 Å². The van der Waals surface area contributed by atoms with E-state index >= 15 is 0 Å². The van der Waals surface area contributed by atoms with Crippen molar-refractivity contribution in [3.63, 3.8) is 0 Å². The second kappa shape index (κ2) is 7.90. The molecule has 0 bridgehead atoms. The van der Waals surface area contributed by atoms with Crippen LogP contribution in [-0.2, 0) is 27.9 Å². The third-order valence-electron chi connectivity index (χ3n) is 3.66. The quantitative estimate of drug-likeness (QED) is 0.526. The highest BCUT2D eigenvalue weighted by atomic mass is 32.2. The summed E-state index contributed by atoms with van der Waals surface area (Å²) in [5, 5.41) is 0. The Balaban J connectivity index is 2.78.